The van der Waals surface area contributed by atoms with Crippen LogP contribution in [0.2, 0.25) is 0 Å². The summed E-state index contributed by atoms with van der Waals surface area (Å²) in [5, 5.41) is 6.80. The molecule has 0 bridgehead atoms. The number of esters is 1. The Kier molecular flexibility index (Phi) is 6.30. The van der Waals surface area contributed by atoms with Gasteiger partial charge in [0.05, 0.1) is 6.61 Å². The second-order valence-corrected chi connectivity index (χ2v) is 6.20. The fourth-order valence-corrected chi connectivity index (χ4v) is 2.78. The van der Waals surface area contributed by atoms with E-state index < -0.39 is 5.54 Å². The Balaban J connectivity index is 2.77. The Morgan fingerprint density at radius 3 is 2.75 bits per heavy atom. The molecule has 1 fully saturated rings. The molecule has 1 rings (SSSR count). The van der Waals surface area contributed by atoms with Crippen LogP contribution in [0.4, 0.5) is 0 Å². The van der Waals surface area contributed by atoms with Gasteiger partial charge in [0.1, 0.15) is 5.54 Å². The van der Waals surface area contributed by atoms with Gasteiger partial charge >= 0.3 is 5.97 Å². The normalized spacial score (nSPS) is 25.4. The number of hydrogen-bond acceptors (Lipinski definition) is 4. The number of azide groups is 1. The number of hydrogen-bond donors (Lipinski definition) is 1. The molecule has 1 unspecified atom stereocenters. The second kappa shape index (κ2) is 7.50. The molecule has 0 aromatic heterocycles. The average Bonchev–Trinajstić information content (AvgIpc) is 2.55. The number of carbonyl (C=O) groups is 1. The van der Waals surface area contributed by atoms with Gasteiger partial charge < -0.3 is 10.1 Å². The van der Waals surface area contributed by atoms with Crippen LogP contribution < -0.4 is 5.32 Å². The predicted molar refractivity (Wildman–Crippen MR) is 78.2 cm³/mol. The van der Waals surface area contributed by atoms with E-state index in [4.69, 9.17) is 10.3 Å². The molecule has 1 atom stereocenters. The van der Waals surface area contributed by atoms with E-state index in [2.05, 4.69) is 29.2 Å². The minimum Gasteiger partial charge on any atom is -0.465 e. The second-order valence-electron chi connectivity index (χ2n) is 6.20. The molecule has 6 nitrogen and oxygen atoms in total. The molecule has 1 aliphatic carbocycles. The SMILES string of the molecule is CCOC(=O)C1(NCCN=[N+]=[N-])CCCC(C)(C)CC1. The topological polar surface area (TPSA) is 87.1 Å². The molecule has 1 N–H and O–H groups in total. The molecule has 0 aliphatic heterocycles. The fraction of sp³-hybridized carbons (Fsp3) is 0.929. The van der Waals surface area contributed by atoms with Gasteiger partial charge in [0.2, 0.25) is 0 Å². The first-order valence-corrected chi connectivity index (χ1v) is 7.39. The predicted octanol–water partition coefficient (Wildman–Crippen LogP) is 3.18. The highest BCUT2D eigenvalue weighted by Crippen LogP contribution is 2.38. The van der Waals surface area contributed by atoms with Crippen molar-refractivity contribution in [3.8, 4) is 0 Å². The number of carbonyl (C=O) groups excluding carboxylic acids is 1. The van der Waals surface area contributed by atoms with E-state index in [1.54, 1.807) is 0 Å². The van der Waals surface area contributed by atoms with Crippen LogP contribution in [-0.2, 0) is 9.53 Å². The summed E-state index contributed by atoms with van der Waals surface area (Å²) in [6.07, 6.45) is 4.66. The molecular weight excluding hydrogens is 256 g/mol. The van der Waals surface area contributed by atoms with E-state index in [9.17, 15) is 4.79 Å². The minimum atomic E-state index is -0.616. The zero-order valence-electron chi connectivity index (χ0n) is 12.8. The maximum atomic E-state index is 12.4. The monoisotopic (exact) mass is 282 g/mol. The zero-order valence-corrected chi connectivity index (χ0v) is 12.8. The van der Waals surface area contributed by atoms with Crippen molar-refractivity contribution in [2.45, 2.75) is 58.4 Å². The maximum Gasteiger partial charge on any atom is 0.326 e. The molecule has 20 heavy (non-hydrogen) atoms. The summed E-state index contributed by atoms with van der Waals surface area (Å²) in [6.45, 7) is 7.56. The summed E-state index contributed by atoms with van der Waals surface area (Å²) in [7, 11) is 0. The largest absolute Gasteiger partial charge is 0.465 e. The van der Waals surface area contributed by atoms with Gasteiger partial charge in [-0.25, -0.2) is 0 Å². The molecule has 0 radical (unpaired) electrons. The number of nitrogens with zero attached hydrogens (tertiary/aromatic N) is 3. The highest BCUT2D eigenvalue weighted by molar-refractivity contribution is 5.81. The highest BCUT2D eigenvalue weighted by Gasteiger charge is 2.42. The molecule has 0 spiro atoms. The lowest BCUT2D eigenvalue weighted by molar-refractivity contribution is -0.152. The van der Waals surface area contributed by atoms with Crippen LogP contribution in [0.1, 0.15) is 52.9 Å². The van der Waals surface area contributed by atoms with E-state index in [0.29, 0.717) is 19.7 Å². The van der Waals surface area contributed by atoms with Gasteiger partial charge in [-0.1, -0.05) is 25.4 Å². The summed E-state index contributed by atoms with van der Waals surface area (Å²) in [5.41, 5.74) is 7.96. The summed E-state index contributed by atoms with van der Waals surface area (Å²) >= 11 is 0. The molecule has 0 heterocycles. The van der Waals surface area contributed by atoms with Gasteiger partial charge in [0.25, 0.3) is 0 Å². The van der Waals surface area contributed by atoms with Crippen LogP contribution in [-0.4, -0.2) is 31.2 Å². The van der Waals surface area contributed by atoms with Gasteiger partial charge in [-0.05, 0) is 43.6 Å². The van der Waals surface area contributed by atoms with Crippen molar-refractivity contribution >= 4 is 5.97 Å². The van der Waals surface area contributed by atoms with Crippen LogP contribution in [0.25, 0.3) is 10.4 Å². The van der Waals surface area contributed by atoms with Crippen LogP contribution in [0.5, 0.6) is 0 Å². The van der Waals surface area contributed by atoms with Gasteiger partial charge in [0, 0.05) is 18.0 Å². The summed E-state index contributed by atoms with van der Waals surface area (Å²) in [5.74, 6) is -0.168. The Labute approximate surface area is 120 Å². The molecule has 1 aliphatic rings. The molecule has 114 valence electrons. The molecular formula is C14H26N4O2. The van der Waals surface area contributed by atoms with Crippen molar-refractivity contribution in [2.75, 3.05) is 19.7 Å². The van der Waals surface area contributed by atoms with Crippen molar-refractivity contribution in [3.05, 3.63) is 10.4 Å². The lowest BCUT2D eigenvalue weighted by Gasteiger charge is -2.32. The molecule has 6 heteroatoms. The summed E-state index contributed by atoms with van der Waals surface area (Å²) in [6, 6.07) is 0. The van der Waals surface area contributed by atoms with E-state index in [1.807, 2.05) is 6.92 Å². The smallest absolute Gasteiger partial charge is 0.326 e. The third kappa shape index (κ3) is 4.69. The third-order valence-electron chi connectivity index (χ3n) is 4.09. The number of nitrogens with one attached hydrogen (secondary N) is 1. The first kappa shape index (κ1) is 16.8. The zero-order chi connectivity index (χ0) is 15.1. The van der Waals surface area contributed by atoms with Crippen molar-refractivity contribution in [1.29, 1.82) is 0 Å². The lowest BCUT2D eigenvalue weighted by Crippen LogP contribution is -2.53. The van der Waals surface area contributed by atoms with E-state index in [-0.39, 0.29) is 11.4 Å². The summed E-state index contributed by atoms with van der Waals surface area (Å²) < 4.78 is 5.26. The van der Waals surface area contributed by atoms with Gasteiger partial charge in [0.15, 0.2) is 0 Å². The first-order chi connectivity index (χ1) is 9.46. The molecule has 0 amide bonds. The van der Waals surface area contributed by atoms with Crippen LogP contribution in [0.3, 0.4) is 0 Å². The Morgan fingerprint density at radius 1 is 1.35 bits per heavy atom. The third-order valence-corrected chi connectivity index (χ3v) is 4.09. The van der Waals surface area contributed by atoms with E-state index in [0.717, 1.165) is 32.1 Å². The Bertz CT molecular complexity index is 377. The highest BCUT2D eigenvalue weighted by atomic mass is 16.5. The first-order valence-electron chi connectivity index (χ1n) is 7.39. The summed E-state index contributed by atoms with van der Waals surface area (Å²) in [4.78, 5) is 15.1. The quantitative estimate of drug-likeness (QED) is 0.203. The van der Waals surface area contributed by atoms with Gasteiger partial charge in [-0.3, -0.25) is 4.79 Å². The van der Waals surface area contributed by atoms with E-state index in [1.165, 1.54) is 0 Å². The van der Waals surface area contributed by atoms with Crippen LogP contribution >= 0.6 is 0 Å². The van der Waals surface area contributed by atoms with Gasteiger partial charge in [-0.15, -0.1) is 0 Å². The van der Waals surface area contributed by atoms with Crippen molar-refractivity contribution < 1.29 is 9.53 Å². The number of ether oxygens (including phenoxy) is 1. The van der Waals surface area contributed by atoms with Crippen molar-refractivity contribution in [2.24, 2.45) is 10.5 Å². The van der Waals surface area contributed by atoms with Crippen molar-refractivity contribution in [1.82, 2.24) is 5.32 Å². The minimum absolute atomic E-state index is 0.168. The standard InChI is InChI=1S/C14H26N4O2/c1-4-20-12(19)14(16-10-11-17-18-15)7-5-6-13(2,3)8-9-14/h16H,4-11H2,1-3H3. The lowest BCUT2D eigenvalue weighted by atomic mass is 9.83. The molecule has 0 aromatic rings. The maximum absolute atomic E-state index is 12.4. The van der Waals surface area contributed by atoms with Gasteiger partial charge in [-0.2, -0.15) is 0 Å². The van der Waals surface area contributed by atoms with E-state index >= 15 is 0 Å². The number of rotatable bonds is 6. The Morgan fingerprint density at radius 2 is 2.10 bits per heavy atom. The molecule has 1 saturated carbocycles. The fourth-order valence-electron chi connectivity index (χ4n) is 2.78. The van der Waals surface area contributed by atoms with Crippen LogP contribution in [0.15, 0.2) is 5.11 Å². The molecule has 0 aromatic carbocycles. The Hall–Kier alpha value is -1.26. The molecule has 0 saturated heterocycles. The average molecular weight is 282 g/mol. The van der Waals surface area contributed by atoms with Crippen LogP contribution in [0, 0.1) is 5.41 Å². The van der Waals surface area contributed by atoms with Crippen molar-refractivity contribution in [3.63, 3.8) is 0 Å².